The van der Waals surface area contributed by atoms with Crippen LogP contribution < -0.4 is 10.2 Å². The first-order valence-corrected chi connectivity index (χ1v) is 7.70. The van der Waals surface area contributed by atoms with E-state index in [4.69, 9.17) is 9.47 Å². The van der Waals surface area contributed by atoms with Gasteiger partial charge in [-0.25, -0.2) is 10.2 Å². The Morgan fingerprint density at radius 3 is 2.64 bits per heavy atom. The lowest BCUT2D eigenvalue weighted by molar-refractivity contribution is -0.149. The molecule has 7 heteroatoms. The highest BCUT2D eigenvalue weighted by molar-refractivity contribution is 5.94. The molecule has 0 spiro atoms. The van der Waals surface area contributed by atoms with Crippen molar-refractivity contribution in [3.8, 4) is 5.75 Å². The maximum atomic E-state index is 11.8. The number of ether oxygens (including phenoxy) is 2. The number of hydrazone groups is 1. The van der Waals surface area contributed by atoms with Crippen LogP contribution in [0.25, 0.3) is 0 Å². The van der Waals surface area contributed by atoms with Gasteiger partial charge in [0.25, 0.3) is 5.91 Å². The average molecular weight is 341 g/mol. The number of nitrogens with one attached hydrogen (secondary N) is 1. The lowest BCUT2D eigenvalue weighted by Gasteiger charge is -2.09. The molecule has 1 N–H and O–H groups in total. The van der Waals surface area contributed by atoms with Gasteiger partial charge in [0, 0.05) is 12.4 Å². The molecule has 1 amide bonds. The summed E-state index contributed by atoms with van der Waals surface area (Å²) in [6, 6.07) is 10.2. The van der Waals surface area contributed by atoms with Gasteiger partial charge in [0.2, 0.25) is 0 Å². The molecule has 0 aliphatic rings. The molecule has 1 aromatic heterocycles. The minimum atomic E-state index is -0.418. The number of hydrogen-bond acceptors (Lipinski definition) is 6. The first-order valence-electron chi connectivity index (χ1n) is 7.70. The molecular formula is C18H19N3O4. The van der Waals surface area contributed by atoms with E-state index < -0.39 is 5.97 Å². The Hall–Kier alpha value is -3.22. The molecule has 2 rings (SSSR count). The normalized spacial score (nSPS) is 10.7. The second kappa shape index (κ2) is 9.17. The van der Waals surface area contributed by atoms with Crippen molar-refractivity contribution >= 4 is 18.1 Å². The lowest BCUT2D eigenvalue weighted by atomic mass is 10.2. The van der Waals surface area contributed by atoms with Crippen LogP contribution in [0.1, 0.15) is 29.8 Å². The molecule has 0 atom stereocenters. The summed E-state index contributed by atoms with van der Waals surface area (Å²) < 4.78 is 10.3. The van der Waals surface area contributed by atoms with Crippen molar-refractivity contribution in [2.24, 2.45) is 5.10 Å². The van der Waals surface area contributed by atoms with Crippen molar-refractivity contribution in [2.75, 3.05) is 6.61 Å². The molecule has 1 heterocycles. The second-order valence-corrected chi connectivity index (χ2v) is 5.34. The Morgan fingerprint density at radius 2 is 2.00 bits per heavy atom. The summed E-state index contributed by atoms with van der Waals surface area (Å²) in [7, 11) is 0. The number of hydrogen-bond donors (Lipinski definition) is 1. The number of carbonyl (C=O) groups is 2. The van der Waals surface area contributed by atoms with Gasteiger partial charge < -0.3 is 9.47 Å². The SMILES string of the molecule is CC(C)OC(=O)COc1ccc(/C=N/NC(=O)c2cccnc2)cc1. The molecule has 0 radical (unpaired) electrons. The van der Waals surface area contributed by atoms with Crippen LogP contribution in [0.2, 0.25) is 0 Å². The van der Waals surface area contributed by atoms with Crippen LogP contribution in [0, 0.1) is 0 Å². The molecule has 0 saturated carbocycles. The maximum Gasteiger partial charge on any atom is 0.344 e. The Bertz CT molecular complexity index is 728. The third-order valence-electron chi connectivity index (χ3n) is 2.91. The van der Waals surface area contributed by atoms with Crippen LogP contribution in [0.15, 0.2) is 53.9 Å². The number of benzene rings is 1. The van der Waals surface area contributed by atoms with Crippen LogP contribution in [0.4, 0.5) is 0 Å². The number of pyridine rings is 1. The second-order valence-electron chi connectivity index (χ2n) is 5.34. The monoisotopic (exact) mass is 341 g/mol. The summed E-state index contributed by atoms with van der Waals surface area (Å²) in [5.41, 5.74) is 3.61. The van der Waals surface area contributed by atoms with Gasteiger partial charge in [-0.15, -0.1) is 0 Å². The highest BCUT2D eigenvalue weighted by Crippen LogP contribution is 2.11. The molecule has 0 bridgehead atoms. The highest BCUT2D eigenvalue weighted by Gasteiger charge is 2.06. The molecule has 0 aliphatic carbocycles. The topological polar surface area (TPSA) is 89.9 Å². The maximum absolute atomic E-state index is 11.8. The fourth-order valence-corrected chi connectivity index (χ4v) is 1.82. The summed E-state index contributed by atoms with van der Waals surface area (Å²) in [5, 5.41) is 3.89. The van der Waals surface area contributed by atoms with E-state index in [0.717, 1.165) is 5.56 Å². The molecule has 0 saturated heterocycles. The van der Waals surface area contributed by atoms with Gasteiger partial charge in [-0.1, -0.05) is 0 Å². The predicted molar refractivity (Wildman–Crippen MR) is 92.5 cm³/mol. The Balaban J connectivity index is 1.81. The van der Waals surface area contributed by atoms with Crippen molar-refractivity contribution < 1.29 is 19.1 Å². The van der Waals surface area contributed by atoms with E-state index in [1.165, 1.54) is 12.4 Å². The van der Waals surface area contributed by atoms with E-state index in [9.17, 15) is 9.59 Å². The molecule has 0 unspecified atom stereocenters. The Kier molecular flexibility index (Phi) is 6.65. The van der Waals surface area contributed by atoms with Crippen LogP contribution in [-0.4, -0.2) is 35.8 Å². The van der Waals surface area contributed by atoms with Crippen molar-refractivity contribution in [1.82, 2.24) is 10.4 Å². The van der Waals surface area contributed by atoms with Gasteiger partial charge in [0.1, 0.15) is 5.75 Å². The zero-order chi connectivity index (χ0) is 18.1. The van der Waals surface area contributed by atoms with Gasteiger partial charge in [0.15, 0.2) is 6.61 Å². The van der Waals surface area contributed by atoms with Gasteiger partial charge in [-0.3, -0.25) is 9.78 Å². The van der Waals surface area contributed by atoms with Gasteiger partial charge in [0.05, 0.1) is 17.9 Å². The number of amides is 1. The van der Waals surface area contributed by atoms with Crippen LogP contribution >= 0.6 is 0 Å². The van der Waals surface area contributed by atoms with Crippen LogP contribution in [0.3, 0.4) is 0 Å². The van der Waals surface area contributed by atoms with Gasteiger partial charge in [-0.2, -0.15) is 5.10 Å². The first-order chi connectivity index (χ1) is 12.0. The van der Waals surface area contributed by atoms with Gasteiger partial charge in [-0.05, 0) is 55.8 Å². The average Bonchev–Trinajstić information content (AvgIpc) is 2.61. The van der Waals surface area contributed by atoms with Crippen molar-refractivity contribution in [3.63, 3.8) is 0 Å². The molecule has 7 nitrogen and oxygen atoms in total. The molecule has 2 aromatic rings. The number of nitrogens with zero attached hydrogens (tertiary/aromatic N) is 2. The van der Waals surface area contributed by atoms with Crippen molar-refractivity contribution in [2.45, 2.75) is 20.0 Å². The van der Waals surface area contributed by atoms with E-state index in [2.05, 4.69) is 15.5 Å². The third kappa shape index (κ3) is 6.42. The van der Waals surface area contributed by atoms with E-state index >= 15 is 0 Å². The van der Waals surface area contributed by atoms with E-state index in [0.29, 0.717) is 11.3 Å². The largest absolute Gasteiger partial charge is 0.482 e. The third-order valence-corrected chi connectivity index (χ3v) is 2.91. The highest BCUT2D eigenvalue weighted by atomic mass is 16.6. The van der Waals surface area contributed by atoms with Crippen LogP contribution in [-0.2, 0) is 9.53 Å². The molecular weight excluding hydrogens is 322 g/mol. The molecule has 25 heavy (non-hydrogen) atoms. The summed E-state index contributed by atoms with van der Waals surface area (Å²) >= 11 is 0. The molecule has 0 fully saturated rings. The number of aromatic nitrogens is 1. The van der Waals surface area contributed by atoms with Crippen LogP contribution in [0.5, 0.6) is 5.75 Å². The van der Waals surface area contributed by atoms with E-state index in [-0.39, 0.29) is 18.6 Å². The summed E-state index contributed by atoms with van der Waals surface area (Å²) in [5.74, 6) is -0.219. The molecule has 1 aromatic carbocycles. The van der Waals surface area contributed by atoms with Crippen molar-refractivity contribution in [3.05, 3.63) is 59.9 Å². The fourth-order valence-electron chi connectivity index (χ4n) is 1.82. The fraction of sp³-hybridized carbons (Fsp3) is 0.222. The number of esters is 1. The van der Waals surface area contributed by atoms with Crippen molar-refractivity contribution in [1.29, 1.82) is 0 Å². The first kappa shape index (κ1) is 18.1. The summed E-state index contributed by atoms with van der Waals surface area (Å²) in [4.78, 5) is 27.1. The molecule has 0 aliphatic heterocycles. The minimum absolute atomic E-state index is 0.146. The smallest absolute Gasteiger partial charge is 0.344 e. The zero-order valence-corrected chi connectivity index (χ0v) is 14.0. The quantitative estimate of drug-likeness (QED) is 0.473. The standard InChI is InChI=1S/C18H19N3O4/c1-13(2)25-17(22)12-24-16-7-5-14(6-8-16)10-20-21-18(23)15-4-3-9-19-11-15/h3-11,13H,12H2,1-2H3,(H,21,23)/b20-10+. The molecule has 130 valence electrons. The predicted octanol–water partition coefficient (Wildman–Crippen LogP) is 2.18. The number of rotatable bonds is 7. The summed E-state index contributed by atoms with van der Waals surface area (Å²) in [6.07, 6.45) is 4.38. The van der Waals surface area contributed by atoms with Gasteiger partial charge >= 0.3 is 5.97 Å². The summed E-state index contributed by atoms with van der Waals surface area (Å²) in [6.45, 7) is 3.41. The lowest BCUT2D eigenvalue weighted by Crippen LogP contribution is -2.18. The minimum Gasteiger partial charge on any atom is -0.482 e. The van der Waals surface area contributed by atoms with E-state index in [1.54, 1.807) is 56.4 Å². The van der Waals surface area contributed by atoms with E-state index in [1.807, 2.05) is 0 Å². The number of carbonyl (C=O) groups excluding carboxylic acids is 2. The zero-order valence-electron chi connectivity index (χ0n) is 14.0. The Labute approximate surface area is 145 Å². The Morgan fingerprint density at radius 1 is 1.24 bits per heavy atom.